The van der Waals surface area contributed by atoms with Crippen LogP contribution in [0.1, 0.15) is 12.8 Å². The van der Waals surface area contributed by atoms with Crippen molar-refractivity contribution in [2.45, 2.75) is 19.1 Å². The fourth-order valence-corrected chi connectivity index (χ4v) is 1.18. The van der Waals surface area contributed by atoms with Crippen LogP contribution in [-0.2, 0) is 0 Å². The molecule has 0 amide bonds. The number of likely N-dealkylation sites (tertiary alicyclic amines) is 1. The van der Waals surface area contributed by atoms with Crippen molar-refractivity contribution < 1.29 is 5.11 Å². The number of hydrogen-bond acceptors (Lipinski definition) is 2. The lowest BCUT2D eigenvalue weighted by Gasteiger charge is -2.28. The van der Waals surface area contributed by atoms with Gasteiger partial charge in [-0.3, -0.25) is 4.90 Å². The van der Waals surface area contributed by atoms with E-state index < -0.39 is 6.23 Å². The van der Waals surface area contributed by atoms with E-state index in [9.17, 15) is 5.11 Å². The molecule has 1 rings (SSSR count). The van der Waals surface area contributed by atoms with Gasteiger partial charge >= 0.3 is 0 Å². The molecule has 1 fully saturated rings. The number of piperidine rings is 1. The molecule has 0 aromatic heterocycles. The third kappa shape index (κ3) is 1.82. The zero-order chi connectivity index (χ0) is 7.40. The number of aliphatic hydroxyl groups excluding tert-OH is 1. The summed E-state index contributed by atoms with van der Waals surface area (Å²) in [5.41, 5.74) is 0. The van der Waals surface area contributed by atoms with Gasteiger partial charge in [0, 0.05) is 13.1 Å². The van der Waals surface area contributed by atoms with Gasteiger partial charge in [0.1, 0.15) is 6.23 Å². The van der Waals surface area contributed by atoms with E-state index in [1.165, 1.54) is 0 Å². The summed E-state index contributed by atoms with van der Waals surface area (Å²) in [6.07, 6.45) is 5.57. The van der Waals surface area contributed by atoms with Gasteiger partial charge in [-0.2, -0.15) is 0 Å². The average molecular weight is 140 g/mol. The zero-order valence-corrected chi connectivity index (χ0v) is 6.16. The summed E-state index contributed by atoms with van der Waals surface area (Å²) in [5.74, 6) is 0. The van der Waals surface area contributed by atoms with Crippen molar-refractivity contribution in [2.24, 2.45) is 0 Å². The van der Waals surface area contributed by atoms with Crippen LogP contribution in [0.25, 0.3) is 0 Å². The topological polar surface area (TPSA) is 23.5 Å². The standard InChI is InChI=1S/C8H14NO/c1-2-8(10)9-6-4-3-5-7-9/h2-3,8,10H,1,4-7H2. The highest BCUT2D eigenvalue weighted by Gasteiger charge is 2.14. The first-order valence-electron chi connectivity index (χ1n) is 3.71. The second-order valence-corrected chi connectivity index (χ2v) is 2.55. The Balaban J connectivity index is 2.30. The second-order valence-electron chi connectivity index (χ2n) is 2.55. The molecule has 10 heavy (non-hydrogen) atoms. The van der Waals surface area contributed by atoms with Crippen LogP contribution in [0.2, 0.25) is 0 Å². The fraction of sp³-hybridized carbons (Fsp3) is 0.625. The third-order valence-electron chi connectivity index (χ3n) is 1.83. The average Bonchev–Trinajstić information content (AvgIpc) is 2.05. The van der Waals surface area contributed by atoms with Gasteiger partial charge in [-0.05, 0) is 25.3 Å². The molecule has 0 saturated carbocycles. The van der Waals surface area contributed by atoms with Crippen molar-refractivity contribution in [1.29, 1.82) is 0 Å². The Bertz CT molecular complexity index is 108. The van der Waals surface area contributed by atoms with E-state index in [4.69, 9.17) is 0 Å². The molecule has 0 spiro atoms. The summed E-state index contributed by atoms with van der Waals surface area (Å²) in [6.45, 7) is 5.46. The molecule has 1 heterocycles. The van der Waals surface area contributed by atoms with Gasteiger partial charge in [-0.25, -0.2) is 0 Å². The maximum atomic E-state index is 9.28. The number of hydrogen-bond donors (Lipinski definition) is 1. The van der Waals surface area contributed by atoms with Crippen LogP contribution in [0.3, 0.4) is 0 Å². The molecule has 0 aromatic rings. The first kappa shape index (κ1) is 7.76. The van der Waals surface area contributed by atoms with Crippen LogP contribution in [0.4, 0.5) is 0 Å². The highest BCUT2D eigenvalue weighted by Crippen LogP contribution is 2.09. The summed E-state index contributed by atoms with van der Waals surface area (Å²) in [6, 6.07) is 0. The zero-order valence-electron chi connectivity index (χ0n) is 6.16. The molecule has 0 aromatic carbocycles. The van der Waals surface area contributed by atoms with Crippen molar-refractivity contribution in [2.75, 3.05) is 13.1 Å². The van der Waals surface area contributed by atoms with E-state index in [0.717, 1.165) is 25.9 Å². The largest absolute Gasteiger partial charge is 0.375 e. The molecule has 0 bridgehead atoms. The predicted molar refractivity (Wildman–Crippen MR) is 41.3 cm³/mol. The summed E-state index contributed by atoms with van der Waals surface area (Å²) in [7, 11) is 0. The normalized spacial score (nSPS) is 24.1. The second kappa shape index (κ2) is 3.74. The summed E-state index contributed by atoms with van der Waals surface area (Å²) < 4.78 is 0. The summed E-state index contributed by atoms with van der Waals surface area (Å²) in [5, 5.41) is 9.28. The SMILES string of the molecule is C=CC(O)N1CC[CH]CC1. The maximum absolute atomic E-state index is 9.28. The van der Waals surface area contributed by atoms with Crippen molar-refractivity contribution >= 4 is 0 Å². The van der Waals surface area contributed by atoms with E-state index in [1.54, 1.807) is 6.08 Å². The molecular weight excluding hydrogens is 126 g/mol. The van der Waals surface area contributed by atoms with Gasteiger partial charge in [0.05, 0.1) is 0 Å². The minimum Gasteiger partial charge on any atom is -0.375 e. The Morgan fingerprint density at radius 1 is 1.50 bits per heavy atom. The molecule has 2 nitrogen and oxygen atoms in total. The van der Waals surface area contributed by atoms with E-state index in [0.29, 0.717) is 0 Å². The molecular formula is C8H14NO. The summed E-state index contributed by atoms with van der Waals surface area (Å²) in [4.78, 5) is 2.02. The van der Waals surface area contributed by atoms with E-state index in [1.807, 2.05) is 4.90 Å². The summed E-state index contributed by atoms with van der Waals surface area (Å²) >= 11 is 0. The highest BCUT2D eigenvalue weighted by atomic mass is 16.3. The van der Waals surface area contributed by atoms with E-state index in [-0.39, 0.29) is 0 Å². The molecule has 1 radical (unpaired) electrons. The fourth-order valence-electron chi connectivity index (χ4n) is 1.18. The number of aliphatic hydroxyl groups is 1. The first-order valence-corrected chi connectivity index (χ1v) is 3.71. The molecule has 1 N–H and O–H groups in total. The van der Waals surface area contributed by atoms with Gasteiger partial charge in [0.2, 0.25) is 0 Å². The van der Waals surface area contributed by atoms with Gasteiger partial charge in [0.15, 0.2) is 0 Å². The highest BCUT2D eigenvalue weighted by molar-refractivity contribution is 4.84. The van der Waals surface area contributed by atoms with Crippen LogP contribution >= 0.6 is 0 Å². The Labute approximate surface area is 62.2 Å². The van der Waals surface area contributed by atoms with Gasteiger partial charge < -0.3 is 5.11 Å². The molecule has 0 aliphatic carbocycles. The smallest absolute Gasteiger partial charge is 0.126 e. The lowest BCUT2D eigenvalue weighted by Crippen LogP contribution is -2.37. The van der Waals surface area contributed by atoms with Crippen LogP contribution in [0.5, 0.6) is 0 Å². The monoisotopic (exact) mass is 140 g/mol. The number of rotatable bonds is 2. The number of nitrogens with zero attached hydrogens (tertiary/aromatic N) is 1. The van der Waals surface area contributed by atoms with E-state index in [2.05, 4.69) is 13.0 Å². The van der Waals surface area contributed by atoms with Crippen LogP contribution in [0.15, 0.2) is 12.7 Å². The van der Waals surface area contributed by atoms with Crippen molar-refractivity contribution in [1.82, 2.24) is 4.90 Å². The lowest BCUT2D eigenvalue weighted by atomic mass is 10.1. The molecule has 1 unspecified atom stereocenters. The quantitative estimate of drug-likeness (QED) is 0.573. The Kier molecular flexibility index (Phi) is 2.90. The maximum Gasteiger partial charge on any atom is 0.126 e. The predicted octanol–water partition coefficient (Wildman–Crippen LogP) is 0.791. The molecule has 1 atom stereocenters. The van der Waals surface area contributed by atoms with Crippen molar-refractivity contribution in [3.8, 4) is 0 Å². The Morgan fingerprint density at radius 3 is 2.60 bits per heavy atom. The molecule has 2 heteroatoms. The Morgan fingerprint density at radius 2 is 2.10 bits per heavy atom. The Hall–Kier alpha value is -0.340. The third-order valence-corrected chi connectivity index (χ3v) is 1.83. The van der Waals surface area contributed by atoms with Gasteiger partial charge in [0.25, 0.3) is 0 Å². The van der Waals surface area contributed by atoms with Crippen LogP contribution in [0, 0.1) is 6.42 Å². The first-order chi connectivity index (χ1) is 4.84. The van der Waals surface area contributed by atoms with Crippen molar-refractivity contribution in [3.05, 3.63) is 19.1 Å². The minimum atomic E-state index is -0.436. The van der Waals surface area contributed by atoms with E-state index >= 15 is 0 Å². The molecule has 1 saturated heterocycles. The van der Waals surface area contributed by atoms with Gasteiger partial charge in [-0.1, -0.05) is 6.58 Å². The minimum absolute atomic E-state index is 0.436. The molecule has 57 valence electrons. The molecule has 1 aliphatic heterocycles. The van der Waals surface area contributed by atoms with Gasteiger partial charge in [-0.15, -0.1) is 0 Å². The van der Waals surface area contributed by atoms with Crippen LogP contribution < -0.4 is 0 Å². The lowest BCUT2D eigenvalue weighted by molar-refractivity contribution is 0.0356. The van der Waals surface area contributed by atoms with Crippen molar-refractivity contribution in [3.63, 3.8) is 0 Å². The molecule has 1 aliphatic rings. The van der Waals surface area contributed by atoms with Crippen LogP contribution in [-0.4, -0.2) is 29.3 Å².